The van der Waals surface area contributed by atoms with E-state index in [4.69, 9.17) is 4.74 Å². The molecule has 7 heteroatoms. The van der Waals surface area contributed by atoms with Crippen LogP contribution in [0.15, 0.2) is 24.4 Å². The molecule has 0 spiro atoms. The van der Waals surface area contributed by atoms with Crippen molar-refractivity contribution in [2.45, 2.75) is 27.2 Å². The summed E-state index contributed by atoms with van der Waals surface area (Å²) in [5.41, 5.74) is 3.52. The van der Waals surface area contributed by atoms with Crippen LogP contribution in [0, 0.1) is 19.3 Å². The number of nitrogens with one attached hydrogen (secondary N) is 1. The van der Waals surface area contributed by atoms with Gasteiger partial charge in [0, 0.05) is 18.2 Å². The van der Waals surface area contributed by atoms with Crippen molar-refractivity contribution in [2.24, 2.45) is 5.41 Å². The van der Waals surface area contributed by atoms with Crippen LogP contribution >= 0.6 is 11.3 Å². The minimum atomic E-state index is -0.470. The number of carbonyl (C=O) groups is 1. The zero-order chi connectivity index (χ0) is 18.3. The zero-order valence-corrected chi connectivity index (χ0v) is 15.8. The lowest BCUT2D eigenvalue weighted by Crippen LogP contribution is -2.33. The first-order chi connectivity index (χ1) is 12.5. The summed E-state index contributed by atoms with van der Waals surface area (Å²) in [6.07, 6.45) is 2.53. The number of hydrogen-bond donors (Lipinski definition) is 1. The number of benzene rings is 1. The Kier molecular flexibility index (Phi) is 4.20. The Labute approximate surface area is 155 Å². The monoisotopic (exact) mass is 368 g/mol. The summed E-state index contributed by atoms with van der Waals surface area (Å²) >= 11 is 1.47. The number of aryl methyl sites for hydroxylation is 2. The first-order valence-corrected chi connectivity index (χ1v) is 9.37. The second-order valence-electron chi connectivity index (χ2n) is 6.99. The largest absolute Gasteiger partial charge is 0.380 e. The molecule has 1 aliphatic rings. The van der Waals surface area contributed by atoms with Crippen LogP contribution in [0.1, 0.15) is 24.6 Å². The van der Waals surface area contributed by atoms with Gasteiger partial charge in [0.2, 0.25) is 5.91 Å². The van der Waals surface area contributed by atoms with Crippen molar-refractivity contribution < 1.29 is 9.53 Å². The zero-order valence-electron chi connectivity index (χ0n) is 15.0. The highest BCUT2D eigenvalue weighted by atomic mass is 32.1. The molecule has 1 fully saturated rings. The predicted octanol–water partition coefficient (Wildman–Crippen LogP) is 3.74. The Morgan fingerprint density at radius 2 is 2.15 bits per heavy atom. The van der Waals surface area contributed by atoms with Gasteiger partial charge in [0.05, 0.1) is 28.1 Å². The molecule has 1 atom stereocenters. The third-order valence-electron chi connectivity index (χ3n) is 5.03. The van der Waals surface area contributed by atoms with Crippen molar-refractivity contribution in [3.05, 3.63) is 35.7 Å². The minimum Gasteiger partial charge on any atom is -0.380 e. The summed E-state index contributed by atoms with van der Waals surface area (Å²) in [7, 11) is 0. The Morgan fingerprint density at radius 3 is 2.92 bits per heavy atom. The molecule has 0 saturated carbocycles. The third-order valence-corrected chi connectivity index (χ3v) is 5.99. The van der Waals surface area contributed by atoms with Crippen molar-refractivity contribution >= 4 is 33.3 Å². The number of rotatable bonds is 3. The van der Waals surface area contributed by atoms with Gasteiger partial charge in [-0.3, -0.25) is 4.79 Å². The molecule has 2 aromatic heterocycles. The van der Waals surface area contributed by atoms with Gasteiger partial charge in [-0.2, -0.15) is 10.2 Å². The highest BCUT2D eigenvalue weighted by Gasteiger charge is 2.37. The van der Waals surface area contributed by atoms with Crippen LogP contribution in [0.4, 0.5) is 5.13 Å². The van der Waals surface area contributed by atoms with E-state index in [9.17, 15) is 4.79 Å². The molecule has 3 aromatic rings. The van der Waals surface area contributed by atoms with Crippen LogP contribution in [0.5, 0.6) is 0 Å². The molecule has 0 radical (unpaired) electrons. The normalized spacial score (nSPS) is 19.8. The number of anilines is 1. The van der Waals surface area contributed by atoms with Gasteiger partial charge in [-0.15, -0.1) is 0 Å². The lowest BCUT2D eigenvalue weighted by atomic mass is 9.89. The summed E-state index contributed by atoms with van der Waals surface area (Å²) in [5.74, 6) is -0.0313. The molecule has 1 N–H and O–H groups in total. The second kappa shape index (κ2) is 6.41. The maximum atomic E-state index is 12.5. The van der Waals surface area contributed by atoms with Gasteiger partial charge >= 0.3 is 0 Å². The topological polar surface area (TPSA) is 77.0 Å². The van der Waals surface area contributed by atoms with Gasteiger partial charge in [0.25, 0.3) is 0 Å². The number of amides is 1. The summed E-state index contributed by atoms with van der Waals surface area (Å²) in [6, 6.07) is 6.09. The van der Waals surface area contributed by atoms with Crippen LogP contribution in [-0.4, -0.2) is 34.3 Å². The lowest BCUT2D eigenvalue weighted by molar-refractivity contribution is -0.124. The SMILES string of the molecule is Cc1nnc2ccc(-c3cnc(NC(=O)C4(C)CCOC4)s3)cc2c1C. The van der Waals surface area contributed by atoms with Gasteiger partial charge in [-0.25, -0.2) is 4.98 Å². The van der Waals surface area contributed by atoms with Crippen LogP contribution in [0.25, 0.3) is 21.3 Å². The number of aromatic nitrogens is 3. The Bertz CT molecular complexity index is 992. The minimum absolute atomic E-state index is 0.0313. The van der Waals surface area contributed by atoms with E-state index in [1.165, 1.54) is 11.3 Å². The van der Waals surface area contributed by atoms with Gasteiger partial charge in [-0.05, 0) is 50.5 Å². The number of ether oxygens (including phenoxy) is 1. The number of hydrogen-bond acceptors (Lipinski definition) is 6. The van der Waals surface area contributed by atoms with Crippen molar-refractivity contribution in [3.63, 3.8) is 0 Å². The van der Waals surface area contributed by atoms with Crippen LogP contribution < -0.4 is 5.32 Å². The summed E-state index contributed by atoms with van der Waals surface area (Å²) in [6.45, 7) is 7.04. The smallest absolute Gasteiger partial charge is 0.234 e. The van der Waals surface area contributed by atoms with E-state index in [2.05, 4.69) is 33.5 Å². The molecule has 6 nitrogen and oxygen atoms in total. The molecular formula is C19H20N4O2S. The molecular weight excluding hydrogens is 348 g/mol. The van der Waals surface area contributed by atoms with E-state index in [0.29, 0.717) is 18.3 Å². The van der Waals surface area contributed by atoms with Crippen molar-refractivity contribution in [1.29, 1.82) is 0 Å². The molecule has 4 rings (SSSR count). The van der Waals surface area contributed by atoms with Crippen molar-refractivity contribution in [2.75, 3.05) is 18.5 Å². The van der Waals surface area contributed by atoms with E-state index in [1.54, 1.807) is 6.20 Å². The van der Waals surface area contributed by atoms with E-state index in [0.717, 1.165) is 39.0 Å². The average Bonchev–Trinajstić information content (AvgIpc) is 3.28. The fraction of sp³-hybridized carbons (Fsp3) is 0.368. The van der Waals surface area contributed by atoms with Gasteiger partial charge in [0.15, 0.2) is 5.13 Å². The molecule has 1 aliphatic heterocycles. The molecule has 0 bridgehead atoms. The fourth-order valence-corrected chi connectivity index (χ4v) is 3.84. The second-order valence-corrected chi connectivity index (χ2v) is 8.02. The van der Waals surface area contributed by atoms with Gasteiger partial charge < -0.3 is 10.1 Å². The molecule has 0 aliphatic carbocycles. The van der Waals surface area contributed by atoms with Crippen LogP contribution in [-0.2, 0) is 9.53 Å². The van der Waals surface area contributed by atoms with E-state index >= 15 is 0 Å². The Morgan fingerprint density at radius 1 is 1.31 bits per heavy atom. The number of nitrogens with zero attached hydrogens (tertiary/aromatic N) is 3. The fourth-order valence-electron chi connectivity index (χ4n) is 3.04. The number of carbonyl (C=O) groups excluding carboxylic acids is 1. The number of fused-ring (bicyclic) bond motifs is 1. The first-order valence-electron chi connectivity index (χ1n) is 8.55. The maximum Gasteiger partial charge on any atom is 0.234 e. The molecule has 1 aromatic carbocycles. The van der Waals surface area contributed by atoms with Crippen LogP contribution in [0.3, 0.4) is 0 Å². The van der Waals surface area contributed by atoms with Gasteiger partial charge in [0.1, 0.15) is 0 Å². The Hall–Kier alpha value is -2.38. The van der Waals surface area contributed by atoms with E-state index < -0.39 is 5.41 Å². The maximum absolute atomic E-state index is 12.5. The summed E-state index contributed by atoms with van der Waals surface area (Å²) in [5, 5.41) is 13.1. The Balaban J connectivity index is 1.61. The standard InChI is InChI=1S/C19H20N4O2S/c1-11-12(2)22-23-15-5-4-13(8-14(11)15)16-9-20-18(26-16)21-17(24)19(3)6-7-25-10-19/h4-5,8-9H,6-7,10H2,1-3H3,(H,20,21,24). The summed E-state index contributed by atoms with van der Waals surface area (Å²) < 4.78 is 5.37. The third kappa shape index (κ3) is 2.97. The lowest BCUT2D eigenvalue weighted by Gasteiger charge is -2.19. The van der Waals surface area contributed by atoms with Crippen molar-refractivity contribution in [3.8, 4) is 10.4 Å². The highest BCUT2D eigenvalue weighted by molar-refractivity contribution is 7.19. The first kappa shape index (κ1) is 17.1. The predicted molar refractivity (Wildman–Crippen MR) is 102 cm³/mol. The molecule has 134 valence electrons. The summed E-state index contributed by atoms with van der Waals surface area (Å²) in [4.78, 5) is 17.9. The van der Waals surface area contributed by atoms with Crippen molar-refractivity contribution in [1.82, 2.24) is 15.2 Å². The molecule has 3 heterocycles. The van der Waals surface area contributed by atoms with E-state index in [-0.39, 0.29) is 5.91 Å². The van der Waals surface area contributed by atoms with Crippen LogP contribution in [0.2, 0.25) is 0 Å². The molecule has 1 unspecified atom stereocenters. The molecule has 26 heavy (non-hydrogen) atoms. The number of thiazole rings is 1. The average molecular weight is 368 g/mol. The van der Waals surface area contributed by atoms with Gasteiger partial charge in [-0.1, -0.05) is 17.4 Å². The molecule has 1 amide bonds. The van der Waals surface area contributed by atoms with E-state index in [1.807, 2.05) is 26.0 Å². The highest BCUT2D eigenvalue weighted by Crippen LogP contribution is 2.34. The molecule has 1 saturated heterocycles. The quantitative estimate of drug-likeness (QED) is 0.762.